The molecule has 20 heavy (non-hydrogen) atoms. The number of nitrogens with zero attached hydrogens (tertiary/aromatic N) is 2. The number of rotatable bonds is 5. The zero-order valence-corrected chi connectivity index (χ0v) is 11.9. The maximum absolute atomic E-state index is 13.6. The summed E-state index contributed by atoms with van der Waals surface area (Å²) in [7, 11) is -2.50. The second-order valence-electron chi connectivity index (χ2n) is 4.89. The van der Waals surface area contributed by atoms with Crippen LogP contribution in [-0.2, 0) is 10.0 Å². The molecule has 5 nitrogen and oxygen atoms in total. The van der Waals surface area contributed by atoms with Crippen LogP contribution in [0.1, 0.15) is 18.4 Å². The number of hydrogen-bond acceptors (Lipinski definition) is 4. The summed E-state index contributed by atoms with van der Waals surface area (Å²) in [5.74, 6) is -0.587. The average Bonchev–Trinajstić information content (AvgIpc) is 3.23. The number of halogens is 1. The largest absolute Gasteiger partial charge is 0.329 e. The van der Waals surface area contributed by atoms with Gasteiger partial charge in [0.2, 0.25) is 10.0 Å². The van der Waals surface area contributed by atoms with Crippen LogP contribution in [0.4, 0.5) is 4.39 Å². The quantitative estimate of drug-likeness (QED) is 0.880. The van der Waals surface area contributed by atoms with Crippen molar-refractivity contribution in [2.24, 2.45) is 11.7 Å². The van der Waals surface area contributed by atoms with Gasteiger partial charge in [-0.25, -0.2) is 12.8 Å². The van der Waals surface area contributed by atoms with Gasteiger partial charge in [-0.05, 0) is 30.9 Å². The van der Waals surface area contributed by atoms with Crippen molar-refractivity contribution in [3.05, 3.63) is 29.6 Å². The molecule has 0 radical (unpaired) electrons. The van der Waals surface area contributed by atoms with E-state index >= 15 is 0 Å². The van der Waals surface area contributed by atoms with Gasteiger partial charge in [-0.15, -0.1) is 0 Å². The van der Waals surface area contributed by atoms with Crippen LogP contribution in [0.25, 0.3) is 0 Å². The Hall–Kier alpha value is -1.49. The smallest absolute Gasteiger partial charge is 0.244 e. The Morgan fingerprint density at radius 3 is 2.70 bits per heavy atom. The molecule has 0 saturated heterocycles. The molecular formula is C13H16FN3O2S. The number of likely N-dealkylation sites (N-methyl/N-ethyl adjacent to an activating group) is 1. The van der Waals surface area contributed by atoms with Crippen LogP contribution < -0.4 is 5.73 Å². The van der Waals surface area contributed by atoms with Gasteiger partial charge in [-0.2, -0.15) is 9.57 Å². The summed E-state index contributed by atoms with van der Waals surface area (Å²) in [6, 6.07) is 4.90. The third-order valence-electron chi connectivity index (χ3n) is 3.62. The van der Waals surface area contributed by atoms with Gasteiger partial charge in [0, 0.05) is 19.6 Å². The van der Waals surface area contributed by atoms with Gasteiger partial charge >= 0.3 is 0 Å². The Morgan fingerprint density at radius 2 is 2.20 bits per heavy atom. The molecule has 0 heterocycles. The van der Waals surface area contributed by atoms with Gasteiger partial charge in [0.15, 0.2) is 0 Å². The summed E-state index contributed by atoms with van der Waals surface area (Å²) in [6.07, 6.45) is 1.88. The van der Waals surface area contributed by atoms with Crippen molar-refractivity contribution in [3.63, 3.8) is 0 Å². The van der Waals surface area contributed by atoms with E-state index < -0.39 is 21.4 Å². The van der Waals surface area contributed by atoms with E-state index in [1.807, 2.05) is 0 Å². The van der Waals surface area contributed by atoms with Gasteiger partial charge in [0.05, 0.1) is 0 Å². The highest BCUT2D eigenvalue weighted by Crippen LogP contribution is 2.36. The van der Waals surface area contributed by atoms with E-state index in [1.54, 1.807) is 6.07 Å². The van der Waals surface area contributed by atoms with Crippen molar-refractivity contribution < 1.29 is 12.8 Å². The zero-order valence-electron chi connectivity index (χ0n) is 11.1. The maximum Gasteiger partial charge on any atom is 0.244 e. The zero-order chi connectivity index (χ0) is 14.9. The summed E-state index contributed by atoms with van der Waals surface area (Å²) in [6.45, 7) is 0.206. The van der Waals surface area contributed by atoms with Gasteiger partial charge in [-0.3, -0.25) is 0 Å². The van der Waals surface area contributed by atoms with Crippen LogP contribution >= 0.6 is 0 Å². The van der Waals surface area contributed by atoms with Crippen molar-refractivity contribution in [1.29, 1.82) is 5.26 Å². The Kier molecular flexibility index (Phi) is 4.09. The molecule has 0 spiro atoms. The molecule has 1 aliphatic rings. The molecule has 7 heteroatoms. The van der Waals surface area contributed by atoms with E-state index in [1.165, 1.54) is 23.5 Å². The minimum atomic E-state index is -3.93. The lowest BCUT2D eigenvalue weighted by atomic mass is 10.2. The van der Waals surface area contributed by atoms with Crippen LogP contribution in [0.3, 0.4) is 0 Å². The second-order valence-corrected chi connectivity index (χ2v) is 6.85. The molecular weight excluding hydrogens is 281 g/mol. The molecule has 1 aromatic rings. The normalized spacial score (nSPS) is 16.9. The Morgan fingerprint density at radius 1 is 1.55 bits per heavy atom. The van der Waals surface area contributed by atoms with Gasteiger partial charge in [0.1, 0.15) is 22.3 Å². The first-order valence-corrected chi connectivity index (χ1v) is 7.74. The summed E-state index contributed by atoms with van der Waals surface area (Å²) in [5.41, 5.74) is 5.19. The standard InChI is InChI=1S/C13H16FN3O2S/c1-17(12(8-16)9-5-6-9)20(18,19)13-4-2-3-11(14)10(13)7-15/h2-4,9,12H,5-6,8,16H2,1H3. The SMILES string of the molecule is CN(C(CN)C1CC1)S(=O)(=O)c1cccc(F)c1C#N. The fourth-order valence-electron chi connectivity index (χ4n) is 2.28. The van der Waals surface area contributed by atoms with E-state index in [0.29, 0.717) is 0 Å². The first-order chi connectivity index (χ1) is 9.43. The molecule has 2 rings (SSSR count). The minimum absolute atomic E-state index is 0.206. The van der Waals surface area contributed by atoms with Gasteiger partial charge in [0.25, 0.3) is 0 Å². The number of hydrogen-bond donors (Lipinski definition) is 1. The van der Waals surface area contributed by atoms with Crippen molar-refractivity contribution in [2.45, 2.75) is 23.8 Å². The third kappa shape index (κ3) is 2.54. The third-order valence-corrected chi connectivity index (χ3v) is 5.54. The molecule has 108 valence electrons. The van der Waals surface area contributed by atoms with Crippen LogP contribution in [-0.4, -0.2) is 32.4 Å². The fourth-order valence-corrected chi connectivity index (χ4v) is 3.86. The lowest BCUT2D eigenvalue weighted by Crippen LogP contribution is -2.43. The van der Waals surface area contributed by atoms with Crippen LogP contribution in [0.15, 0.2) is 23.1 Å². The molecule has 1 aliphatic carbocycles. The lowest BCUT2D eigenvalue weighted by Gasteiger charge is -2.26. The van der Waals surface area contributed by atoms with Crippen molar-refractivity contribution in [3.8, 4) is 6.07 Å². The van der Waals surface area contributed by atoms with Gasteiger partial charge < -0.3 is 5.73 Å². The van der Waals surface area contributed by atoms with Crippen LogP contribution in [0, 0.1) is 23.1 Å². The molecule has 0 aliphatic heterocycles. The van der Waals surface area contributed by atoms with Crippen LogP contribution in [0.5, 0.6) is 0 Å². The number of nitriles is 1. The van der Waals surface area contributed by atoms with Gasteiger partial charge in [-0.1, -0.05) is 6.07 Å². The van der Waals surface area contributed by atoms with Crippen molar-refractivity contribution in [2.75, 3.05) is 13.6 Å². The van der Waals surface area contributed by atoms with E-state index in [2.05, 4.69) is 0 Å². The first kappa shape index (κ1) is 14.9. The monoisotopic (exact) mass is 297 g/mol. The predicted molar refractivity (Wildman–Crippen MR) is 71.6 cm³/mol. The molecule has 1 saturated carbocycles. The van der Waals surface area contributed by atoms with E-state index in [-0.39, 0.29) is 23.4 Å². The molecule has 1 aromatic carbocycles. The van der Waals surface area contributed by atoms with Crippen molar-refractivity contribution >= 4 is 10.0 Å². The Balaban J connectivity index is 2.45. The minimum Gasteiger partial charge on any atom is -0.329 e. The summed E-state index contributed by atoms with van der Waals surface area (Å²) < 4.78 is 39.8. The highest BCUT2D eigenvalue weighted by molar-refractivity contribution is 7.89. The molecule has 1 unspecified atom stereocenters. The summed E-state index contributed by atoms with van der Waals surface area (Å²) in [5, 5.41) is 8.96. The summed E-state index contributed by atoms with van der Waals surface area (Å²) >= 11 is 0. The molecule has 1 fully saturated rings. The molecule has 2 N–H and O–H groups in total. The predicted octanol–water partition coefficient (Wildman–Crippen LogP) is 1.06. The Bertz CT molecular complexity index is 650. The number of benzene rings is 1. The topological polar surface area (TPSA) is 87.2 Å². The number of sulfonamides is 1. The number of nitrogens with two attached hydrogens (primary N) is 1. The van der Waals surface area contributed by atoms with Crippen LogP contribution in [0.2, 0.25) is 0 Å². The molecule has 1 atom stereocenters. The lowest BCUT2D eigenvalue weighted by molar-refractivity contribution is 0.340. The first-order valence-electron chi connectivity index (χ1n) is 6.30. The van der Waals surface area contributed by atoms with E-state index in [9.17, 15) is 12.8 Å². The maximum atomic E-state index is 13.6. The fraction of sp³-hybridized carbons (Fsp3) is 0.462. The highest BCUT2D eigenvalue weighted by atomic mass is 32.2. The van der Waals surface area contributed by atoms with Crippen molar-refractivity contribution in [1.82, 2.24) is 4.31 Å². The molecule has 0 amide bonds. The molecule has 0 bridgehead atoms. The molecule has 0 aromatic heterocycles. The second kappa shape index (κ2) is 5.48. The van der Waals surface area contributed by atoms with E-state index in [4.69, 9.17) is 11.0 Å². The Labute approximate surface area is 117 Å². The average molecular weight is 297 g/mol. The van der Waals surface area contributed by atoms with E-state index in [0.717, 1.165) is 18.9 Å². The highest BCUT2D eigenvalue weighted by Gasteiger charge is 2.39. The summed E-state index contributed by atoms with van der Waals surface area (Å²) in [4.78, 5) is -0.304.